The molecule has 0 aliphatic carbocycles. The second-order valence-corrected chi connectivity index (χ2v) is 9.77. The number of carboxylic acid groups (broad SMARTS) is 1. The number of aromatic nitrogens is 3. The maximum atomic E-state index is 12.9. The standard InChI is InChI=1S/C26H30N6O5/c1-26(2,3)37-25(36)31-15-7-5-8-18(31)22-30-20(21(24(34)35)32(22)27)16-10-12-17(13-11-16)23(33)29-19-9-4-6-14-28-19/h4,6,9-14,18H,5,7-8,15,27H2,1-3H3,(H,34,35)(H,28,29,33)/t18-/m0/s1. The maximum absolute atomic E-state index is 12.9. The van der Waals surface area contributed by atoms with Gasteiger partial charge in [-0.15, -0.1) is 0 Å². The molecule has 4 rings (SSSR count). The lowest BCUT2D eigenvalue weighted by Gasteiger charge is -2.36. The molecule has 11 nitrogen and oxygen atoms in total. The van der Waals surface area contributed by atoms with Crippen LogP contribution in [0.25, 0.3) is 11.3 Å². The third-order valence-corrected chi connectivity index (χ3v) is 5.90. The highest BCUT2D eigenvalue weighted by Gasteiger charge is 2.36. The molecule has 1 fully saturated rings. The Bertz CT molecular complexity index is 1300. The number of benzene rings is 1. The molecule has 1 aliphatic rings. The molecule has 1 atom stereocenters. The zero-order valence-corrected chi connectivity index (χ0v) is 21.0. The fraction of sp³-hybridized carbons (Fsp3) is 0.346. The zero-order valence-electron chi connectivity index (χ0n) is 21.0. The highest BCUT2D eigenvalue weighted by molar-refractivity contribution is 6.04. The molecular formula is C26H30N6O5. The number of amides is 2. The van der Waals surface area contributed by atoms with Crippen molar-refractivity contribution in [2.45, 2.75) is 51.7 Å². The van der Waals surface area contributed by atoms with Gasteiger partial charge in [-0.1, -0.05) is 18.2 Å². The summed E-state index contributed by atoms with van der Waals surface area (Å²) < 4.78 is 6.60. The number of hydrogen-bond donors (Lipinski definition) is 3. The summed E-state index contributed by atoms with van der Waals surface area (Å²) in [5.74, 6) is 5.31. The maximum Gasteiger partial charge on any atom is 0.410 e. The highest BCUT2D eigenvalue weighted by Crippen LogP contribution is 2.34. The molecule has 0 saturated carbocycles. The number of hydrogen-bond acceptors (Lipinski definition) is 7. The van der Waals surface area contributed by atoms with Gasteiger partial charge in [-0.25, -0.2) is 24.2 Å². The van der Waals surface area contributed by atoms with Crippen molar-refractivity contribution in [1.82, 2.24) is 19.5 Å². The average Bonchev–Trinajstić information content (AvgIpc) is 3.21. The van der Waals surface area contributed by atoms with E-state index in [4.69, 9.17) is 10.6 Å². The number of nitrogens with zero attached hydrogens (tertiary/aromatic N) is 4. The van der Waals surface area contributed by atoms with Crippen LogP contribution in [0, 0.1) is 0 Å². The molecule has 0 bridgehead atoms. The number of aromatic carboxylic acids is 1. The summed E-state index contributed by atoms with van der Waals surface area (Å²) in [4.78, 5) is 47.9. The second-order valence-electron chi connectivity index (χ2n) is 9.77. The first-order chi connectivity index (χ1) is 17.5. The summed E-state index contributed by atoms with van der Waals surface area (Å²) in [5, 5.41) is 12.6. The fourth-order valence-electron chi connectivity index (χ4n) is 4.23. The molecule has 1 aromatic carbocycles. The summed E-state index contributed by atoms with van der Waals surface area (Å²) >= 11 is 0. The van der Waals surface area contributed by atoms with Crippen molar-refractivity contribution in [3.05, 3.63) is 65.7 Å². The van der Waals surface area contributed by atoms with E-state index < -0.39 is 23.7 Å². The number of nitrogens with one attached hydrogen (secondary N) is 1. The van der Waals surface area contributed by atoms with Gasteiger partial charge in [0.2, 0.25) is 0 Å². The smallest absolute Gasteiger partial charge is 0.410 e. The van der Waals surface area contributed by atoms with Gasteiger partial charge >= 0.3 is 12.1 Å². The quantitative estimate of drug-likeness (QED) is 0.438. The van der Waals surface area contributed by atoms with Crippen molar-refractivity contribution < 1.29 is 24.2 Å². The van der Waals surface area contributed by atoms with Crippen LogP contribution in [-0.4, -0.2) is 54.8 Å². The SMILES string of the molecule is CC(C)(C)OC(=O)N1CCCC[C@H]1c1nc(-c2ccc(C(=O)Nc3ccccn3)cc2)c(C(=O)O)n1N. The van der Waals surface area contributed by atoms with Crippen LogP contribution in [0.2, 0.25) is 0 Å². The van der Waals surface area contributed by atoms with E-state index in [9.17, 15) is 19.5 Å². The van der Waals surface area contributed by atoms with Crippen LogP contribution in [0.3, 0.4) is 0 Å². The number of ether oxygens (including phenoxy) is 1. The van der Waals surface area contributed by atoms with Crippen molar-refractivity contribution in [2.75, 3.05) is 17.7 Å². The number of pyridine rings is 1. The molecule has 1 saturated heterocycles. The molecule has 3 heterocycles. The Morgan fingerprint density at radius 1 is 1.11 bits per heavy atom. The zero-order chi connectivity index (χ0) is 26.7. The van der Waals surface area contributed by atoms with Gasteiger partial charge in [0.25, 0.3) is 5.91 Å². The number of carboxylic acids is 1. The summed E-state index contributed by atoms with van der Waals surface area (Å²) in [7, 11) is 0. The van der Waals surface area contributed by atoms with Crippen LogP contribution in [0.4, 0.5) is 10.6 Å². The van der Waals surface area contributed by atoms with Gasteiger partial charge in [0.15, 0.2) is 11.5 Å². The number of nitrogens with two attached hydrogens (primary N) is 1. The minimum Gasteiger partial charge on any atom is -0.476 e. The van der Waals surface area contributed by atoms with Gasteiger partial charge < -0.3 is 21.0 Å². The van der Waals surface area contributed by atoms with Crippen LogP contribution in [0.15, 0.2) is 48.7 Å². The predicted octanol–water partition coefficient (Wildman–Crippen LogP) is 4.07. The van der Waals surface area contributed by atoms with E-state index in [0.717, 1.165) is 17.5 Å². The number of imidazole rings is 1. The van der Waals surface area contributed by atoms with Crippen molar-refractivity contribution in [3.8, 4) is 11.3 Å². The molecule has 4 N–H and O–H groups in total. The molecule has 2 amide bonds. The van der Waals surface area contributed by atoms with E-state index >= 15 is 0 Å². The molecule has 11 heteroatoms. The van der Waals surface area contributed by atoms with Crippen LogP contribution in [0.1, 0.15) is 72.7 Å². The second kappa shape index (κ2) is 10.3. The number of piperidine rings is 1. The Hall–Kier alpha value is -4.41. The molecular weight excluding hydrogens is 476 g/mol. The Balaban J connectivity index is 1.64. The number of likely N-dealkylation sites (tertiary alicyclic amines) is 1. The molecule has 3 aromatic rings. The Morgan fingerprint density at radius 3 is 2.46 bits per heavy atom. The number of carbonyl (C=O) groups is 3. The third kappa shape index (κ3) is 5.71. The minimum absolute atomic E-state index is 0.149. The number of rotatable bonds is 5. The number of nitrogen functional groups attached to an aromatic ring is 1. The van der Waals surface area contributed by atoms with Gasteiger partial charge in [-0.05, 0) is 64.3 Å². The molecule has 0 radical (unpaired) electrons. The van der Waals surface area contributed by atoms with Gasteiger partial charge in [0.05, 0.1) is 6.04 Å². The van der Waals surface area contributed by atoms with Crippen molar-refractivity contribution in [2.24, 2.45) is 0 Å². The fourth-order valence-corrected chi connectivity index (χ4v) is 4.23. The Morgan fingerprint density at radius 2 is 1.84 bits per heavy atom. The van der Waals surface area contributed by atoms with Gasteiger partial charge in [0.1, 0.15) is 17.1 Å². The predicted molar refractivity (Wildman–Crippen MR) is 136 cm³/mol. The summed E-state index contributed by atoms with van der Waals surface area (Å²) in [5.41, 5.74) is 0.0879. The van der Waals surface area contributed by atoms with Crippen LogP contribution in [0.5, 0.6) is 0 Å². The summed E-state index contributed by atoms with van der Waals surface area (Å²) in [6.07, 6.45) is 3.26. The van der Waals surface area contributed by atoms with Gasteiger partial charge in [0, 0.05) is 23.9 Å². The Labute approximate surface area is 214 Å². The summed E-state index contributed by atoms with van der Waals surface area (Å²) in [6, 6.07) is 11.0. The molecule has 194 valence electrons. The van der Waals surface area contributed by atoms with E-state index in [0.29, 0.717) is 29.9 Å². The molecule has 1 aliphatic heterocycles. The lowest BCUT2D eigenvalue weighted by molar-refractivity contribution is 0.00821. The highest BCUT2D eigenvalue weighted by atomic mass is 16.6. The monoisotopic (exact) mass is 506 g/mol. The van der Waals surface area contributed by atoms with E-state index in [1.54, 1.807) is 74.3 Å². The molecule has 2 aromatic heterocycles. The minimum atomic E-state index is -1.26. The van der Waals surface area contributed by atoms with Gasteiger partial charge in [-0.2, -0.15) is 0 Å². The van der Waals surface area contributed by atoms with Crippen molar-refractivity contribution in [1.29, 1.82) is 0 Å². The van der Waals surface area contributed by atoms with Crippen LogP contribution in [-0.2, 0) is 4.74 Å². The lowest BCUT2D eigenvalue weighted by Crippen LogP contribution is -2.43. The van der Waals surface area contributed by atoms with Crippen LogP contribution < -0.4 is 11.2 Å². The molecule has 37 heavy (non-hydrogen) atoms. The van der Waals surface area contributed by atoms with E-state index in [1.807, 2.05) is 0 Å². The third-order valence-electron chi connectivity index (χ3n) is 5.90. The normalized spacial score (nSPS) is 15.8. The Kier molecular flexibility index (Phi) is 7.14. The van der Waals surface area contributed by atoms with Gasteiger partial charge in [-0.3, -0.25) is 9.69 Å². The topological polar surface area (TPSA) is 153 Å². The lowest BCUT2D eigenvalue weighted by atomic mass is 10.0. The van der Waals surface area contributed by atoms with Crippen molar-refractivity contribution >= 4 is 23.8 Å². The average molecular weight is 507 g/mol. The number of anilines is 1. The van der Waals surface area contributed by atoms with Crippen LogP contribution >= 0.6 is 0 Å². The number of carbonyl (C=O) groups excluding carboxylic acids is 2. The molecule has 0 spiro atoms. The van der Waals surface area contributed by atoms with Crippen molar-refractivity contribution in [3.63, 3.8) is 0 Å². The van der Waals surface area contributed by atoms with E-state index in [-0.39, 0.29) is 23.1 Å². The first kappa shape index (κ1) is 25.7. The summed E-state index contributed by atoms with van der Waals surface area (Å²) in [6.45, 7) is 5.81. The first-order valence-electron chi connectivity index (χ1n) is 12.0. The van der Waals surface area contributed by atoms with E-state index in [1.165, 1.54) is 0 Å². The first-order valence-corrected chi connectivity index (χ1v) is 12.0. The largest absolute Gasteiger partial charge is 0.476 e. The molecule has 0 unspecified atom stereocenters. The van der Waals surface area contributed by atoms with E-state index in [2.05, 4.69) is 15.3 Å².